The molecule has 0 radical (unpaired) electrons. The molecule has 1 fully saturated rings. The van der Waals surface area contributed by atoms with E-state index < -0.39 is 9.84 Å². The Labute approximate surface area is 117 Å². The molecule has 0 atom stereocenters. The molecule has 19 heavy (non-hydrogen) atoms. The molecule has 0 bridgehead atoms. The number of hydrazine groups is 1. The Bertz CT molecular complexity index is 534. The highest BCUT2D eigenvalue weighted by atomic mass is 32.2. The molecule has 0 amide bonds. The summed E-state index contributed by atoms with van der Waals surface area (Å²) in [6.07, 6.45) is 0. The van der Waals surface area contributed by atoms with E-state index in [1.807, 2.05) is 5.01 Å². The average Bonchev–Trinajstić information content (AvgIpc) is 2.74. The van der Waals surface area contributed by atoms with Gasteiger partial charge in [0, 0.05) is 26.2 Å². The van der Waals surface area contributed by atoms with Crippen LogP contribution in [0.15, 0.2) is 4.90 Å². The highest BCUT2D eigenvalue weighted by molar-refractivity contribution is 7.91. The molecule has 1 aliphatic heterocycles. The molecule has 0 unspecified atom stereocenters. The number of sulfone groups is 1. The summed E-state index contributed by atoms with van der Waals surface area (Å²) in [4.78, 5) is 2.36. The highest BCUT2D eigenvalue weighted by Gasteiger charge is 2.25. The van der Waals surface area contributed by atoms with E-state index in [2.05, 4.69) is 21.7 Å². The smallest absolute Gasteiger partial charge is 0.184 e. The van der Waals surface area contributed by atoms with Crippen molar-refractivity contribution in [3.8, 4) is 0 Å². The van der Waals surface area contributed by atoms with E-state index >= 15 is 0 Å². The van der Waals surface area contributed by atoms with Crippen LogP contribution in [0.25, 0.3) is 0 Å². The molecule has 1 aromatic heterocycles. The minimum Gasteiger partial charge on any atom is -0.382 e. The van der Waals surface area contributed by atoms with Gasteiger partial charge in [-0.2, -0.15) is 4.37 Å². The molecule has 3 N–H and O–H groups in total. The molecule has 0 spiro atoms. The van der Waals surface area contributed by atoms with Crippen LogP contribution in [0.3, 0.4) is 0 Å². The van der Waals surface area contributed by atoms with Gasteiger partial charge in [-0.25, -0.2) is 13.4 Å². The predicted molar refractivity (Wildman–Crippen MR) is 76.9 cm³/mol. The van der Waals surface area contributed by atoms with E-state index in [9.17, 15) is 8.42 Å². The summed E-state index contributed by atoms with van der Waals surface area (Å²) in [5, 5.41) is 2.52. The highest BCUT2D eigenvalue weighted by Crippen LogP contribution is 2.32. The molecule has 0 aromatic carbocycles. The summed E-state index contributed by atoms with van der Waals surface area (Å²) in [5.41, 5.74) is 8.82. The number of nitrogen functional groups attached to an aromatic ring is 1. The lowest BCUT2D eigenvalue weighted by Gasteiger charge is -2.32. The van der Waals surface area contributed by atoms with Crippen LogP contribution in [0.4, 0.5) is 10.8 Å². The lowest BCUT2D eigenvalue weighted by atomic mass is 10.4. The summed E-state index contributed by atoms with van der Waals surface area (Å²) in [7, 11) is -1.29. The van der Waals surface area contributed by atoms with Gasteiger partial charge in [0.1, 0.15) is 9.90 Å². The molecule has 108 valence electrons. The quantitative estimate of drug-likeness (QED) is 0.814. The van der Waals surface area contributed by atoms with Crippen molar-refractivity contribution in [1.82, 2.24) is 14.3 Å². The fraction of sp³-hybridized carbons (Fsp3) is 0.700. The van der Waals surface area contributed by atoms with Crippen LogP contribution in [0.5, 0.6) is 0 Å². The first-order valence-electron chi connectivity index (χ1n) is 6.12. The van der Waals surface area contributed by atoms with Gasteiger partial charge >= 0.3 is 0 Å². The van der Waals surface area contributed by atoms with Gasteiger partial charge in [-0.05, 0) is 18.6 Å². The van der Waals surface area contributed by atoms with Crippen molar-refractivity contribution < 1.29 is 8.42 Å². The van der Waals surface area contributed by atoms with E-state index in [1.165, 1.54) is 0 Å². The molecule has 2 rings (SSSR count). The first-order chi connectivity index (χ1) is 8.94. The molecule has 2 heterocycles. The van der Waals surface area contributed by atoms with Crippen LogP contribution in [0, 0.1) is 0 Å². The Morgan fingerprint density at radius 2 is 2.00 bits per heavy atom. The van der Waals surface area contributed by atoms with Gasteiger partial charge in [0.15, 0.2) is 15.7 Å². The van der Waals surface area contributed by atoms with Crippen LogP contribution < -0.4 is 11.2 Å². The maximum Gasteiger partial charge on any atom is 0.184 e. The first kappa shape index (κ1) is 14.5. The zero-order chi connectivity index (χ0) is 14.0. The van der Waals surface area contributed by atoms with Crippen molar-refractivity contribution in [2.45, 2.75) is 11.8 Å². The molecule has 7 nitrogen and oxygen atoms in total. The number of hydrogen-bond acceptors (Lipinski definition) is 8. The Morgan fingerprint density at radius 3 is 2.58 bits per heavy atom. The average molecular weight is 305 g/mol. The number of anilines is 2. The largest absolute Gasteiger partial charge is 0.382 e. The van der Waals surface area contributed by atoms with Gasteiger partial charge < -0.3 is 16.1 Å². The number of nitrogens with zero attached hydrogens (tertiary/aromatic N) is 3. The number of rotatable bonds is 4. The van der Waals surface area contributed by atoms with Gasteiger partial charge in [-0.1, -0.05) is 6.92 Å². The van der Waals surface area contributed by atoms with Crippen LogP contribution in [0.1, 0.15) is 6.92 Å². The minimum atomic E-state index is -3.35. The van der Waals surface area contributed by atoms with Gasteiger partial charge in [0.25, 0.3) is 0 Å². The van der Waals surface area contributed by atoms with Crippen LogP contribution >= 0.6 is 11.5 Å². The molecule has 1 aromatic rings. The van der Waals surface area contributed by atoms with Crippen LogP contribution in [0.2, 0.25) is 0 Å². The summed E-state index contributed by atoms with van der Waals surface area (Å²) < 4.78 is 28.0. The SMILES string of the molecule is CCS(=O)(=O)c1c(N)nsc1NN1CCN(C)CC1. The van der Waals surface area contributed by atoms with Crippen molar-refractivity contribution in [2.24, 2.45) is 0 Å². The van der Waals surface area contributed by atoms with Crippen LogP contribution in [-0.4, -0.2) is 61.7 Å². The van der Waals surface area contributed by atoms with E-state index in [0.717, 1.165) is 37.7 Å². The topological polar surface area (TPSA) is 91.6 Å². The Balaban J connectivity index is 2.18. The van der Waals surface area contributed by atoms with Gasteiger partial charge in [-0.3, -0.25) is 0 Å². The van der Waals surface area contributed by atoms with Crippen molar-refractivity contribution >= 4 is 32.2 Å². The summed E-state index contributed by atoms with van der Waals surface area (Å²) in [5.74, 6) is 0.107. The number of hydrogen-bond donors (Lipinski definition) is 2. The van der Waals surface area contributed by atoms with Gasteiger partial charge in [0.05, 0.1) is 5.75 Å². The summed E-state index contributed by atoms with van der Waals surface area (Å²) in [6, 6.07) is 0. The first-order valence-corrected chi connectivity index (χ1v) is 8.54. The number of nitrogens with two attached hydrogens (primary N) is 1. The summed E-state index contributed by atoms with van der Waals surface area (Å²) in [6.45, 7) is 5.15. The monoisotopic (exact) mass is 305 g/mol. The Morgan fingerprint density at radius 1 is 1.37 bits per heavy atom. The molecule has 0 aliphatic carbocycles. The number of nitrogens with one attached hydrogen (secondary N) is 1. The number of aromatic nitrogens is 1. The third kappa shape index (κ3) is 3.16. The maximum absolute atomic E-state index is 12.0. The zero-order valence-corrected chi connectivity index (χ0v) is 12.7. The fourth-order valence-electron chi connectivity index (χ4n) is 1.87. The molecule has 1 saturated heterocycles. The van der Waals surface area contributed by atoms with Crippen molar-refractivity contribution in [1.29, 1.82) is 0 Å². The number of likely N-dealkylation sites (N-methyl/N-ethyl adjacent to an activating group) is 1. The van der Waals surface area contributed by atoms with E-state index in [1.54, 1.807) is 6.92 Å². The zero-order valence-electron chi connectivity index (χ0n) is 11.1. The summed E-state index contributed by atoms with van der Waals surface area (Å²) >= 11 is 1.09. The Hall–Kier alpha value is -0.900. The second kappa shape index (κ2) is 5.61. The molecule has 0 saturated carbocycles. The third-order valence-corrected chi connectivity index (χ3v) is 5.82. The fourth-order valence-corrected chi connectivity index (χ4v) is 4.04. The second-order valence-electron chi connectivity index (χ2n) is 4.53. The number of piperazine rings is 1. The normalized spacial score (nSPS) is 18.6. The van der Waals surface area contributed by atoms with Crippen molar-refractivity contribution in [3.05, 3.63) is 0 Å². The van der Waals surface area contributed by atoms with E-state index in [-0.39, 0.29) is 16.5 Å². The van der Waals surface area contributed by atoms with Crippen molar-refractivity contribution in [3.63, 3.8) is 0 Å². The maximum atomic E-state index is 12.0. The third-order valence-electron chi connectivity index (χ3n) is 3.13. The lowest BCUT2D eigenvalue weighted by Crippen LogP contribution is -2.46. The van der Waals surface area contributed by atoms with Crippen LogP contribution in [-0.2, 0) is 9.84 Å². The predicted octanol–water partition coefficient (Wildman–Crippen LogP) is 0.0932. The van der Waals surface area contributed by atoms with Gasteiger partial charge in [-0.15, -0.1) is 0 Å². The minimum absolute atomic E-state index is 0.0209. The lowest BCUT2D eigenvalue weighted by molar-refractivity contribution is 0.179. The molecular formula is C10H19N5O2S2. The molecular weight excluding hydrogens is 286 g/mol. The second-order valence-corrected chi connectivity index (χ2v) is 7.52. The van der Waals surface area contributed by atoms with E-state index in [0.29, 0.717) is 5.00 Å². The Kier molecular flexibility index (Phi) is 4.29. The molecule has 9 heteroatoms. The van der Waals surface area contributed by atoms with E-state index in [4.69, 9.17) is 5.73 Å². The standard InChI is InChI=1S/C10H19N5O2S2/c1-3-19(16,17)8-9(11)13-18-10(8)12-15-6-4-14(2)5-7-15/h12H,3-7H2,1-2H3,(H2,11,13). The van der Waals surface area contributed by atoms with Gasteiger partial charge in [0.2, 0.25) is 0 Å². The van der Waals surface area contributed by atoms with Crippen molar-refractivity contribution in [2.75, 3.05) is 50.1 Å². The molecule has 1 aliphatic rings.